The molecular formula is C14H22N4O2. The molecule has 1 rings (SSSR count). The largest absolute Gasteiger partial charge is 0.409 e. The number of aromatic nitrogens is 1. The zero-order valence-electron chi connectivity index (χ0n) is 12.4. The molecule has 0 aliphatic carbocycles. The second-order valence-electron chi connectivity index (χ2n) is 5.10. The summed E-state index contributed by atoms with van der Waals surface area (Å²) >= 11 is 0. The number of rotatable bonds is 5. The van der Waals surface area contributed by atoms with Gasteiger partial charge in [0.1, 0.15) is 5.41 Å². The Labute approximate surface area is 119 Å². The topological polar surface area (TPSA) is 91.8 Å². The van der Waals surface area contributed by atoms with Crippen LogP contribution in [0.1, 0.15) is 31.7 Å². The average molecular weight is 278 g/mol. The minimum atomic E-state index is -1.01. The lowest BCUT2D eigenvalue weighted by Crippen LogP contribution is -2.48. The summed E-state index contributed by atoms with van der Waals surface area (Å²) in [5.41, 5.74) is 6.35. The summed E-state index contributed by atoms with van der Waals surface area (Å²) in [5.74, 6) is -0.271. The third-order valence-corrected chi connectivity index (χ3v) is 3.54. The molecule has 0 bridgehead atoms. The monoisotopic (exact) mass is 278 g/mol. The normalized spacial score (nSPS) is 14.7. The van der Waals surface area contributed by atoms with E-state index in [2.05, 4.69) is 10.1 Å². The highest BCUT2D eigenvalue weighted by atomic mass is 16.4. The van der Waals surface area contributed by atoms with Crippen LogP contribution in [0.5, 0.6) is 0 Å². The number of carbonyl (C=O) groups is 1. The summed E-state index contributed by atoms with van der Waals surface area (Å²) in [6, 6.07) is 5.67. The minimum Gasteiger partial charge on any atom is -0.409 e. The molecule has 0 saturated carbocycles. The quantitative estimate of drug-likeness (QED) is 0.369. The van der Waals surface area contributed by atoms with Crippen LogP contribution in [-0.4, -0.2) is 33.9 Å². The third kappa shape index (κ3) is 3.26. The Morgan fingerprint density at radius 1 is 1.55 bits per heavy atom. The number of nitrogens with zero attached hydrogens (tertiary/aromatic N) is 3. The highest BCUT2D eigenvalue weighted by Crippen LogP contribution is 2.24. The van der Waals surface area contributed by atoms with Gasteiger partial charge in [0, 0.05) is 12.7 Å². The van der Waals surface area contributed by atoms with Crippen molar-refractivity contribution < 1.29 is 10.0 Å². The predicted molar refractivity (Wildman–Crippen MR) is 77.3 cm³/mol. The molecule has 6 nitrogen and oxygen atoms in total. The zero-order valence-corrected chi connectivity index (χ0v) is 12.4. The van der Waals surface area contributed by atoms with E-state index in [0.717, 1.165) is 11.4 Å². The van der Waals surface area contributed by atoms with Gasteiger partial charge in [0.15, 0.2) is 5.84 Å². The standard InChI is InChI=1S/C14H22N4O2/c1-5-14(3,12(15)17-20)13(19)18(4)9-11-8-6-7-10(2)16-11/h6-8,20H,5,9H2,1-4H3,(H2,15,17). The summed E-state index contributed by atoms with van der Waals surface area (Å²) in [6.45, 7) is 5.78. The Hall–Kier alpha value is -2.11. The molecule has 1 aromatic heterocycles. The summed E-state index contributed by atoms with van der Waals surface area (Å²) in [6.07, 6.45) is 0.452. The predicted octanol–water partition coefficient (Wildman–Crippen LogP) is 1.51. The first-order chi connectivity index (χ1) is 9.35. The molecule has 0 fully saturated rings. The van der Waals surface area contributed by atoms with E-state index in [1.807, 2.05) is 32.0 Å². The molecule has 1 aromatic rings. The second-order valence-corrected chi connectivity index (χ2v) is 5.10. The van der Waals surface area contributed by atoms with Crippen molar-refractivity contribution in [3.05, 3.63) is 29.6 Å². The van der Waals surface area contributed by atoms with Gasteiger partial charge in [-0.3, -0.25) is 9.78 Å². The van der Waals surface area contributed by atoms with E-state index < -0.39 is 5.41 Å². The number of amides is 1. The third-order valence-electron chi connectivity index (χ3n) is 3.54. The Morgan fingerprint density at radius 2 is 2.20 bits per heavy atom. The number of aryl methyl sites for hydroxylation is 1. The van der Waals surface area contributed by atoms with Gasteiger partial charge in [-0.25, -0.2) is 0 Å². The number of hydrogen-bond donors (Lipinski definition) is 2. The van der Waals surface area contributed by atoms with Gasteiger partial charge in [-0.1, -0.05) is 18.1 Å². The lowest BCUT2D eigenvalue weighted by atomic mass is 9.84. The van der Waals surface area contributed by atoms with Crippen molar-refractivity contribution in [2.75, 3.05) is 7.05 Å². The molecule has 3 N–H and O–H groups in total. The van der Waals surface area contributed by atoms with Crippen LogP contribution in [0.4, 0.5) is 0 Å². The van der Waals surface area contributed by atoms with Crippen LogP contribution in [0, 0.1) is 12.3 Å². The molecule has 1 unspecified atom stereocenters. The Morgan fingerprint density at radius 3 is 2.70 bits per heavy atom. The maximum atomic E-state index is 12.5. The van der Waals surface area contributed by atoms with Crippen LogP contribution in [0.25, 0.3) is 0 Å². The van der Waals surface area contributed by atoms with Crippen molar-refractivity contribution in [2.24, 2.45) is 16.3 Å². The lowest BCUT2D eigenvalue weighted by Gasteiger charge is -2.30. The maximum Gasteiger partial charge on any atom is 0.236 e. The van der Waals surface area contributed by atoms with Crippen LogP contribution < -0.4 is 5.73 Å². The van der Waals surface area contributed by atoms with Crippen molar-refractivity contribution >= 4 is 11.7 Å². The van der Waals surface area contributed by atoms with Gasteiger partial charge in [0.05, 0.1) is 12.2 Å². The van der Waals surface area contributed by atoms with Crippen LogP contribution in [0.3, 0.4) is 0 Å². The fourth-order valence-corrected chi connectivity index (χ4v) is 1.98. The molecule has 1 amide bonds. The number of pyridine rings is 1. The number of hydrogen-bond acceptors (Lipinski definition) is 4. The Kier molecular flexibility index (Phi) is 5.07. The van der Waals surface area contributed by atoms with Gasteiger partial charge in [0.25, 0.3) is 0 Å². The van der Waals surface area contributed by atoms with Crippen molar-refractivity contribution in [3.63, 3.8) is 0 Å². The van der Waals surface area contributed by atoms with E-state index in [9.17, 15) is 4.79 Å². The first-order valence-electron chi connectivity index (χ1n) is 6.51. The summed E-state index contributed by atoms with van der Waals surface area (Å²) in [7, 11) is 1.69. The molecule has 6 heteroatoms. The fraction of sp³-hybridized carbons (Fsp3) is 0.500. The van der Waals surface area contributed by atoms with Gasteiger partial charge in [0.2, 0.25) is 5.91 Å². The van der Waals surface area contributed by atoms with E-state index in [-0.39, 0.29) is 11.7 Å². The highest BCUT2D eigenvalue weighted by Gasteiger charge is 2.38. The molecule has 20 heavy (non-hydrogen) atoms. The summed E-state index contributed by atoms with van der Waals surface area (Å²) in [4.78, 5) is 18.4. The number of nitrogens with two attached hydrogens (primary N) is 1. The van der Waals surface area contributed by atoms with Crippen molar-refractivity contribution in [2.45, 2.75) is 33.7 Å². The van der Waals surface area contributed by atoms with Gasteiger partial charge in [-0.05, 0) is 32.4 Å². The van der Waals surface area contributed by atoms with Crippen molar-refractivity contribution in [3.8, 4) is 0 Å². The fourth-order valence-electron chi connectivity index (χ4n) is 1.98. The molecule has 1 atom stereocenters. The smallest absolute Gasteiger partial charge is 0.236 e. The molecule has 0 aliphatic heterocycles. The highest BCUT2D eigenvalue weighted by molar-refractivity contribution is 6.06. The second kappa shape index (κ2) is 6.36. The van der Waals surface area contributed by atoms with Crippen LogP contribution in [0.2, 0.25) is 0 Å². The number of oxime groups is 1. The molecule has 110 valence electrons. The SMILES string of the molecule is CCC(C)(C(=O)N(C)Cc1cccc(C)n1)/C(N)=N/O. The van der Waals surface area contributed by atoms with Crippen molar-refractivity contribution in [1.82, 2.24) is 9.88 Å². The minimum absolute atomic E-state index is 0.0750. The molecule has 0 radical (unpaired) electrons. The van der Waals surface area contributed by atoms with Crippen LogP contribution >= 0.6 is 0 Å². The first-order valence-corrected chi connectivity index (χ1v) is 6.51. The summed E-state index contributed by atoms with van der Waals surface area (Å²) in [5, 5.41) is 11.8. The van der Waals surface area contributed by atoms with Gasteiger partial charge >= 0.3 is 0 Å². The molecule has 1 heterocycles. The van der Waals surface area contributed by atoms with E-state index in [0.29, 0.717) is 13.0 Å². The molecule has 0 saturated heterocycles. The first kappa shape index (κ1) is 15.9. The van der Waals surface area contributed by atoms with Gasteiger partial charge in [-0.2, -0.15) is 0 Å². The van der Waals surface area contributed by atoms with Crippen molar-refractivity contribution in [1.29, 1.82) is 0 Å². The molecular weight excluding hydrogens is 256 g/mol. The van der Waals surface area contributed by atoms with Gasteiger partial charge in [-0.15, -0.1) is 0 Å². The van der Waals surface area contributed by atoms with Crippen LogP contribution in [0.15, 0.2) is 23.4 Å². The maximum absolute atomic E-state index is 12.5. The molecule has 0 aromatic carbocycles. The molecule has 0 spiro atoms. The Balaban J connectivity index is 2.91. The Bertz CT molecular complexity index is 516. The number of carbonyl (C=O) groups excluding carboxylic acids is 1. The summed E-state index contributed by atoms with van der Waals surface area (Å²) < 4.78 is 0. The average Bonchev–Trinajstić information content (AvgIpc) is 2.44. The van der Waals surface area contributed by atoms with Gasteiger partial charge < -0.3 is 15.8 Å². The molecule has 0 aliphatic rings. The van der Waals surface area contributed by atoms with E-state index in [1.165, 1.54) is 0 Å². The lowest BCUT2D eigenvalue weighted by molar-refractivity contribution is -0.137. The number of amidine groups is 1. The van der Waals surface area contributed by atoms with Crippen LogP contribution in [-0.2, 0) is 11.3 Å². The van der Waals surface area contributed by atoms with E-state index in [4.69, 9.17) is 10.9 Å². The van der Waals surface area contributed by atoms with E-state index >= 15 is 0 Å². The van der Waals surface area contributed by atoms with E-state index in [1.54, 1.807) is 18.9 Å². The zero-order chi connectivity index (χ0) is 15.3.